The molecule has 2 aromatic rings. The average Bonchev–Trinajstić information content (AvgIpc) is 3.06. The molecule has 112 valence electrons. The SMILES string of the molecule is CC1OC(C)C(C(O)c2cnn(-c3ccccc3)c2)C1C. The van der Waals surface area contributed by atoms with Gasteiger partial charge in [0, 0.05) is 17.7 Å². The Kier molecular flexibility index (Phi) is 3.83. The quantitative estimate of drug-likeness (QED) is 0.943. The maximum atomic E-state index is 10.7. The highest BCUT2D eigenvalue weighted by atomic mass is 16.5. The molecular formula is C17H22N2O2. The summed E-state index contributed by atoms with van der Waals surface area (Å²) in [4.78, 5) is 0. The van der Waals surface area contributed by atoms with Crippen LogP contribution in [0, 0.1) is 11.8 Å². The summed E-state index contributed by atoms with van der Waals surface area (Å²) in [6, 6.07) is 9.92. The van der Waals surface area contributed by atoms with Crippen LogP contribution in [0.4, 0.5) is 0 Å². The van der Waals surface area contributed by atoms with Crippen LogP contribution in [-0.2, 0) is 4.74 Å². The molecule has 1 fully saturated rings. The number of rotatable bonds is 3. The fourth-order valence-electron chi connectivity index (χ4n) is 3.27. The first-order valence-corrected chi connectivity index (χ1v) is 7.51. The van der Waals surface area contributed by atoms with Gasteiger partial charge in [-0.3, -0.25) is 0 Å². The Morgan fingerprint density at radius 1 is 1.14 bits per heavy atom. The maximum absolute atomic E-state index is 10.7. The number of ether oxygens (including phenoxy) is 1. The third-order valence-electron chi connectivity index (χ3n) is 4.65. The number of hydrogen-bond acceptors (Lipinski definition) is 3. The molecule has 4 heteroatoms. The van der Waals surface area contributed by atoms with Crippen LogP contribution >= 0.6 is 0 Å². The Bertz CT molecular complexity index is 596. The normalized spacial score (nSPS) is 30.5. The number of aliphatic hydroxyl groups excluding tert-OH is 1. The van der Waals surface area contributed by atoms with Crippen molar-refractivity contribution >= 4 is 0 Å². The standard InChI is InChI=1S/C17H22N2O2/c1-11-12(2)21-13(3)16(11)17(20)14-9-18-19(10-14)15-7-5-4-6-8-15/h4-13,16-17,20H,1-3H3. The smallest absolute Gasteiger partial charge is 0.0876 e. The molecule has 21 heavy (non-hydrogen) atoms. The van der Waals surface area contributed by atoms with Gasteiger partial charge in [0.1, 0.15) is 0 Å². The van der Waals surface area contributed by atoms with E-state index in [-0.39, 0.29) is 18.1 Å². The van der Waals surface area contributed by atoms with E-state index in [1.165, 1.54) is 0 Å². The zero-order valence-corrected chi connectivity index (χ0v) is 12.7. The molecule has 1 aliphatic heterocycles. The van der Waals surface area contributed by atoms with Crippen LogP contribution in [0.1, 0.15) is 32.4 Å². The fourth-order valence-corrected chi connectivity index (χ4v) is 3.27. The van der Waals surface area contributed by atoms with Gasteiger partial charge < -0.3 is 9.84 Å². The van der Waals surface area contributed by atoms with Crippen molar-refractivity contribution in [3.05, 3.63) is 48.3 Å². The van der Waals surface area contributed by atoms with E-state index >= 15 is 0 Å². The van der Waals surface area contributed by atoms with E-state index in [2.05, 4.69) is 18.9 Å². The van der Waals surface area contributed by atoms with Crippen LogP contribution in [-0.4, -0.2) is 27.1 Å². The highest BCUT2D eigenvalue weighted by Crippen LogP contribution is 2.40. The maximum Gasteiger partial charge on any atom is 0.0876 e. The number of aliphatic hydroxyl groups is 1. The van der Waals surface area contributed by atoms with Crippen LogP contribution in [0.5, 0.6) is 0 Å². The molecule has 0 aliphatic carbocycles. The number of aromatic nitrogens is 2. The zero-order chi connectivity index (χ0) is 15.0. The predicted molar refractivity (Wildman–Crippen MR) is 81.2 cm³/mol. The van der Waals surface area contributed by atoms with Crippen molar-refractivity contribution in [2.45, 2.75) is 39.1 Å². The molecule has 0 radical (unpaired) electrons. The van der Waals surface area contributed by atoms with Gasteiger partial charge in [-0.15, -0.1) is 0 Å². The Morgan fingerprint density at radius 3 is 2.48 bits per heavy atom. The number of para-hydroxylation sites is 1. The van der Waals surface area contributed by atoms with Gasteiger partial charge in [-0.1, -0.05) is 25.1 Å². The molecule has 1 aromatic carbocycles. The van der Waals surface area contributed by atoms with E-state index in [1.54, 1.807) is 10.9 Å². The van der Waals surface area contributed by atoms with Gasteiger partial charge in [0.05, 0.1) is 30.2 Å². The molecule has 1 aromatic heterocycles. The summed E-state index contributed by atoms with van der Waals surface area (Å²) in [6.07, 6.45) is 3.36. The van der Waals surface area contributed by atoms with Gasteiger partial charge in [0.15, 0.2) is 0 Å². The molecule has 0 saturated carbocycles. The van der Waals surface area contributed by atoms with Crippen molar-refractivity contribution in [1.29, 1.82) is 0 Å². The number of hydrogen-bond donors (Lipinski definition) is 1. The van der Waals surface area contributed by atoms with Gasteiger partial charge in [-0.2, -0.15) is 5.10 Å². The van der Waals surface area contributed by atoms with Crippen LogP contribution in [0.2, 0.25) is 0 Å². The lowest BCUT2D eigenvalue weighted by Crippen LogP contribution is -2.24. The minimum Gasteiger partial charge on any atom is -0.388 e. The lowest BCUT2D eigenvalue weighted by molar-refractivity contribution is 0.0231. The Morgan fingerprint density at radius 2 is 1.86 bits per heavy atom. The first-order chi connectivity index (χ1) is 10.1. The highest BCUT2D eigenvalue weighted by molar-refractivity contribution is 5.31. The summed E-state index contributed by atoms with van der Waals surface area (Å²) < 4.78 is 7.63. The lowest BCUT2D eigenvalue weighted by atomic mass is 9.83. The second-order valence-corrected chi connectivity index (χ2v) is 5.98. The molecular weight excluding hydrogens is 264 g/mol. The van der Waals surface area contributed by atoms with Crippen LogP contribution in [0.3, 0.4) is 0 Å². The molecule has 5 atom stereocenters. The molecule has 3 rings (SSSR count). The second-order valence-electron chi connectivity index (χ2n) is 5.98. The van der Waals surface area contributed by atoms with E-state index in [1.807, 2.05) is 43.5 Å². The molecule has 2 heterocycles. The Hall–Kier alpha value is -1.65. The van der Waals surface area contributed by atoms with Crippen LogP contribution < -0.4 is 0 Å². The summed E-state index contributed by atoms with van der Waals surface area (Å²) >= 11 is 0. The number of nitrogens with zero attached hydrogens (tertiary/aromatic N) is 2. The van der Waals surface area contributed by atoms with Crippen molar-refractivity contribution in [2.24, 2.45) is 11.8 Å². The molecule has 5 unspecified atom stereocenters. The van der Waals surface area contributed by atoms with E-state index in [4.69, 9.17) is 4.74 Å². The molecule has 1 saturated heterocycles. The van der Waals surface area contributed by atoms with E-state index in [9.17, 15) is 5.11 Å². The average molecular weight is 286 g/mol. The number of benzene rings is 1. The molecule has 0 amide bonds. The molecule has 0 bridgehead atoms. The van der Waals surface area contributed by atoms with Gasteiger partial charge in [-0.25, -0.2) is 4.68 Å². The van der Waals surface area contributed by atoms with Gasteiger partial charge in [-0.05, 0) is 31.9 Å². The fraction of sp³-hybridized carbons (Fsp3) is 0.471. The van der Waals surface area contributed by atoms with Crippen molar-refractivity contribution in [3.63, 3.8) is 0 Å². The van der Waals surface area contributed by atoms with E-state index in [0.29, 0.717) is 5.92 Å². The van der Waals surface area contributed by atoms with Crippen LogP contribution in [0.25, 0.3) is 5.69 Å². The molecule has 1 N–H and O–H groups in total. The van der Waals surface area contributed by atoms with Crippen molar-refractivity contribution < 1.29 is 9.84 Å². The third kappa shape index (κ3) is 2.61. The van der Waals surface area contributed by atoms with E-state index < -0.39 is 6.10 Å². The second kappa shape index (κ2) is 5.62. The van der Waals surface area contributed by atoms with Crippen molar-refractivity contribution in [3.8, 4) is 5.69 Å². The Balaban J connectivity index is 1.83. The predicted octanol–water partition coefficient (Wildman–Crippen LogP) is 2.97. The zero-order valence-electron chi connectivity index (χ0n) is 12.7. The monoisotopic (exact) mass is 286 g/mol. The topological polar surface area (TPSA) is 47.3 Å². The molecule has 4 nitrogen and oxygen atoms in total. The van der Waals surface area contributed by atoms with Crippen LogP contribution in [0.15, 0.2) is 42.7 Å². The summed E-state index contributed by atoms with van der Waals surface area (Å²) in [5.74, 6) is 0.434. The Labute approximate surface area is 125 Å². The summed E-state index contributed by atoms with van der Waals surface area (Å²) in [7, 11) is 0. The summed E-state index contributed by atoms with van der Waals surface area (Å²) in [5.41, 5.74) is 1.84. The van der Waals surface area contributed by atoms with Gasteiger partial charge >= 0.3 is 0 Å². The first-order valence-electron chi connectivity index (χ1n) is 7.51. The summed E-state index contributed by atoms with van der Waals surface area (Å²) in [5, 5.41) is 15.1. The molecule has 1 aliphatic rings. The largest absolute Gasteiger partial charge is 0.388 e. The van der Waals surface area contributed by atoms with Crippen molar-refractivity contribution in [2.75, 3.05) is 0 Å². The third-order valence-corrected chi connectivity index (χ3v) is 4.65. The van der Waals surface area contributed by atoms with Crippen molar-refractivity contribution in [1.82, 2.24) is 9.78 Å². The van der Waals surface area contributed by atoms with E-state index in [0.717, 1.165) is 11.3 Å². The lowest BCUT2D eigenvalue weighted by Gasteiger charge is -2.23. The van der Waals surface area contributed by atoms with Gasteiger partial charge in [0.2, 0.25) is 0 Å². The minimum atomic E-state index is -0.544. The highest BCUT2D eigenvalue weighted by Gasteiger charge is 2.41. The summed E-state index contributed by atoms with van der Waals surface area (Å²) in [6.45, 7) is 6.25. The minimum absolute atomic E-state index is 0.0603. The molecule has 0 spiro atoms. The van der Waals surface area contributed by atoms with Gasteiger partial charge in [0.25, 0.3) is 0 Å². The first kappa shape index (κ1) is 14.3.